The molecule has 0 atom stereocenters. The molecule has 0 bridgehead atoms. The number of nitrogens with zero attached hydrogens (tertiary/aromatic N) is 3. The number of ether oxygens (including phenoxy) is 2. The van der Waals surface area contributed by atoms with E-state index >= 15 is 0 Å². The molecule has 0 aliphatic heterocycles. The maximum atomic E-state index is 13.1. The maximum Gasteiger partial charge on any atom is 0.416 e. The summed E-state index contributed by atoms with van der Waals surface area (Å²) >= 11 is 0. The van der Waals surface area contributed by atoms with Gasteiger partial charge in [0.15, 0.2) is 5.69 Å². The van der Waals surface area contributed by atoms with Crippen molar-refractivity contribution in [2.24, 2.45) is 0 Å². The van der Waals surface area contributed by atoms with Crippen molar-refractivity contribution in [1.82, 2.24) is 15.0 Å². The van der Waals surface area contributed by atoms with Gasteiger partial charge < -0.3 is 14.8 Å². The van der Waals surface area contributed by atoms with E-state index in [9.17, 15) is 18.0 Å². The van der Waals surface area contributed by atoms with Gasteiger partial charge in [0.05, 0.1) is 30.6 Å². The number of nitrogens with one attached hydrogen (secondary N) is 1. The number of amides is 1. The van der Waals surface area contributed by atoms with Crippen LogP contribution in [0.15, 0.2) is 54.7 Å². The summed E-state index contributed by atoms with van der Waals surface area (Å²) in [7, 11) is 1.47. The molecular formula is C20H19F3N4O3. The van der Waals surface area contributed by atoms with E-state index in [0.717, 1.165) is 23.8 Å². The topological polar surface area (TPSA) is 78.3 Å². The average molecular weight is 420 g/mol. The van der Waals surface area contributed by atoms with Gasteiger partial charge in [0.2, 0.25) is 0 Å². The summed E-state index contributed by atoms with van der Waals surface area (Å²) in [4.78, 5) is 12.5. The molecule has 0 spiro atoms. The number of benzene rings is 2. The number of aromatic nitrogens is 3. The normalized spacial score (nSPS) is 11.3. The van der Waals surface area contributed by atoms with E-state index < -0.39 is 17.6 Å². The Morgan fingerprint density at radius 2 is 1.90 bits per heavy atom. The van der Waals surface area contributed by atoms with Crippen LogP contribution in [-0.4, -0.2) is 41.2 Å². The fourth-order valence-electron chi connectivity index (χ4n) is 2.60. The van der Waals surface area contributed by atoms with Crippen LogP contribution in [0, 0.1) is 0 Å². The molecule has 1 aromatic heterocycles. The van der Waals surface area contributed by atoms with Crippen LogP contribution in [0.4, 0.5) is 18.9 Å². The highest BCUT2D eigenvalue weighted by atomic mass is 19.4. The second-order valence-corrected chi connectivity index (χ2v) is 6.29. The van der Waals surface area contributed by atoms with Crippen LogP contribution in [0.2, 0.25) is 0 Å². The molecule has 0 aliphatic rings. The highest BCUT2D eigenvalue weighted by Gasteiger charge is 2.31. The summed E-state index contributed by atoms with van der Waals surface area (Å²) in [6, 6.07) is 12.3. The first kappa shape index (κ1) is 21.3. The number of carbonyl (C=O) groups is 1. The molecule has 30 heavy (non-hydrogen) atoms. The predicted molar refractivity (Wildman–Crippen MR) is 102 cm³/mol. The molecule has 0 saturated carbocycles. The van der Waals surface area contributed by atoms with Gasteiger partial charge in [-0.1, -0.05) is 35.5 Å². The van der Waals surface area contributed by atoms with Gasteiger partial charge in [0.1, 0.15) is 12.4 Å². The van der Waals surface area contributed by atoms with Gasteiger partial charge in [0.25, 0.3) is 5.91 Å². The van der Waals surface area contributed by atoms with Gasteiger partial charge in [-0.25, -0.2) is 4.68 Å². The van der Waals surface area contributed by atoms with Crippen LogP contribution in [0.25, 0.3) is 0 Å². The summed E-state index contributed by atoms with van der Waals surface area (Å²) in [5.41, 5.74) is -0.111. The number of methoxy groups -OCH3 is 1. The van der Waals surface area contributed by atoms with E-state index in [0.29, 0.717) is 6.54 Å². The van der Waals surface area contributed by atoms with E-state index in [1.54, 1.807) is 0 Å². The molecule has 0 saturated heterocycles. The van der Waals surface area contributed by atoms with Crippen LogP contribution in [-0.2, 0) is 17.5 Å². The van der Waals surface area contributed by atoms with Gasteiger partial charge in [-0.15, -0.1) is 5.10 Å². The predicted octanol–water partition coefficient (Wildman–Crippen LogP) is 3.62. The number of carbonyl (C=O) groups excluding carboxylic acids is 1. The largest absolute Gasteiger partial charge is 0.489 e. The molecule has 0 aliphatic carbocycles. The molecule has 0 radical (unpaired) electrons. The van der Waals surface area contributed by atoms with Crippen molar-refractivity contribution in [1.29, 1.82) is 0 Å². The van der Waals surface area contributed by atoms with Crippen LogP contribution >= 0.6 is 0 Å². The van der Waals surface area contributed by atoms with Gasteiger partial charge in [-0.3, -0.25) is 4.79 Å². The van der Waals surface area contributed by atoms with E-state index in [4.69, 9.17) is 9.47 Å². The zero-order valence-electron chi connectivity index (χ0n) is 16.0. The molecule has 158 valence electrons. The van der Waals surface area contributed by atoms with E-state index in [-0.39, 0.29) is 30.3 Å². The quantitative estimate of drug-likeness (QED) is 0.563. The first-order valence-electron chi connectivity index (χ1n) is 8.95. The molecule has 10 heteroatoms. The standard InChI is InChI=1S/C20H19F3N4O3/c1-29-9-10-30-18-8-7-15(20(21,22)23)11-16(18)24-19(28)17-13-27(26-25-17)12-14-5-3-2-4-6-14/h2-8,11,13H,9-10,12H2,1H3,(H,24,28). The summed E-state index contributed by atoms with van der Waals surface area (Å²) in [6.45, 7) is 0.746. The lowest BCUT2D eigenvalue weighted by Gasteiger charge is -2.14. The molecule has 3 aromatic rings. The Labute approximate surface area is 170 Å². The summed E-state index contributed by atoms with van der Waals surface area (Å²) in [5, 5.41) is 10.1. The van der Waals surface area contributed by atoms with Gasteiger partial charge >= 0.3 is 6.18 Å². The zero-order chi connectivity index (χ0) is 21.6. The molecule has 2 aromatic carbocycles. The van der Waals surface area contributed by atoms with Crippen LogP contribution in [0.5, 0.6) is 5.75 Å². The Balaban J connectivity index is 1.77. The average Bonchev–Trinajstić information content (AvgIpc) is 3.18. The molecule has 1 heterocycles. The van der Waals surface area contributed by atoms with Crippen molar-refractivity contribution >= 4 is 11.6 Å². The van der Waals surface area contributed by atoms with Crippen LogP contribution in [0.3, 0.4) is 0 Å². The molecular weight excluding hydrogens is 401 g/mol. The molecule has 1 amide bonds. The Morgan fingerprint density at radius 3 is 2.60 bits per heavy atom. The first-order valence-corrected chi connectivity index (χ1v) is 8.95. The summed E-state index contributed by atoms with van der Waals surface area (Å²) in [5.74, 6) is -0.615. The van der Waals surface area contributed by atoms with E-state index in [2.05, 4.69) is 15.6 Å². The Morgan fingerprint density at radius 1 is 1.13 bits per heavy atom. The Hall–Kier alpha value is -3.40. The second-order valence-electron chi connectivity index (χ2n) is 6.29. The minimum atomic E-state index is -4.57. The number of alkyl halides is 3. The van der Waals surface area contributed by atoms with Crippen molar-refractivity contribution in [3.8, 4) is 5.75 Å². The minimum Gasteiger partial charge on any atom is -0.489 e. The number of hydrogen-bond donors (Lipinski definition) is 1. The van der Waals surface area contributed by atoms with Crippen molar-refractivity contribution < 1.29 is 27.4 Å². The highest BCUT2D eigenvalue weighted by Crippen LogP contribution is 2.35. The second kappa shape index (κ2) is 9.40. The van der Waals surface area contributed by atoms with E-state index in [1.807, 2.05) is 30.3 Å². The van der Waals surface area contributed by atoms with Crippen molar-refractivity contribution in [3.05, 3.63) is 71.5 Å². The lowest BCUT2D eigenvalue weighted by molar-refractivity contribution is -0.137. The monoisotopic (exact) mass is 420 g/mol. The summed E-state index contributed by atoms with van der Waals surface area (Å²) in [6.07, 6.45) is -3.15. The number of rotatable bonds is 8. The maximum absolute atomic E-state index is 13.1. The fraction of sp³-hybridized carbons (Fsp3) is 0.250. The zero-order valence-corrected chi connectivity index (χ0v) is 16.0. The molecule has 3 rings (SSSR count). The van der Waals surface area contributed by atoms with Gasteiger partial charge in [-0.05, 0) is 23.8 Å². The number of hydrogen-bond acceptors (Lipinski definition) is 5. The Bertz CT molecular complexity index is 990. The minimum absolute atomic E-state index is 0.0359. The third-order valence-electron chi connectivity index (χ3n) is 4.06. The molecule has 0 fully saturated rings. The molecule has 7 nitrogen and oxygen atoms in total. The molecule has 0 unspecified atom stereocenters. The van der Waals surface area contributed by atoms with Gasteiger partial charge in [0, 0.05) is 7.11 Å². The lowest BCUT2D eigenvalue weighted by atomic mass is 10.1. The van der Waals surface area contributed by atoms with Crippen LogP contribution in [0.1, 0.15) is 21.6 Å². The lowest BCUT2D eigenvalue weighted by Crippen LogP contribution is -2.15. The fourth-order valence-corrected chi connectivity index (χ4v) is 2.60. The first-order chi connectivity index (χ1) is 14.4. The molecule has 1 N–H and O–H groups in total. The van der Waals surface area contributed by atoms with Crippen molar-refractivity contribution in [2.75, 3.05) is 25.6 Å². The van der Waals surface area contributed by atoms with Crippen LogP contribution < -0.4 is 10.1 Å². The highest BCUT2D eigenvalue weighted by molar-refractivity contribution is 6.03. The SMILES string of the molecule is COCCOc1ccc(C(F)(F)F)cc1NC(=O)c1cn(Cc2ccccc2)nn1. The summed E-state index contributed by atoms with van der Waals surface area (Å²) < 4.78 is 51.0. The van der Waals surface area contributed by atoms with Crippen molar-refractivity contribution in [3.63, 3.8) is 0 Å². The van der Waals surface area contributed by atoms with Crippen molar-refractivity contribution in [2.45, 2.75) is 12.7 Å². The third-order valence-corrected chi connectivity index (χ3v) is 4.06. The van der Waals surface area contributed by atoms with Gasteiger partial charge in [-0.2, -0.15) is 13.2 Å². The number of halogens is 3. The number of anilines is 1. The smallest absolute Gasteiger partial charge is 0.416 e. The van der Waals surface area contributed by atoms with E-state index in [1.165, 1.54) is 18.0 Å². The third kappa shape index (κ3) is 5.57. The Kier molecular flexibility index (Phi) is 6.68.